The highest BCUT2D eigenvalue weighted by atomic mass is 16.5. The molecule has 1 aromatic heterocycles. The minimum absolute atomic E-state index is 0.167. The van der Waals surface area contributed by atoms with Gasteiger partial charge in [0.05, 0.1) is 26.0 Å². The van der Waals surface area contributed by atoms with Crippen LogP contribution in [0.2, 0.25) is 0 Å². The van der Waals surface area contributed by atoms with Gasteiger partial charge in [-0.1, -0.05) is 26.0 Å². The van der Waals surface area contributed by atoms with E-state index in [0.717, 1.165) is 49.2 Å². The molecular formula is C21H32N4O2. The third-order valence-electron chi connectivity index (χ3n) is 4.51. The quantitative estimate of drug-likeness (QED) is 0.494. The van der Waals surface area contributed by atoms with E-state index in [-0.39, 0.29) is 6.04 Å². The number of benzene rings is 1. The van der Waals surface area contributed by atoms with Crippen LogP contribution in [0.25, 0.3) is 0 Å². The maximum atomic E-state index is 5.67. The van der Waals surface area contributed by atoms with Crippen molar-refractivity contribution in [3.63, 3.8) is 0 Å². The SMILES string of the molecule is CCNC(=NCc1ccc(OC)cc1)NCC(c1ccco1)N(CC)CC. The molecule has 2 aromatic rings. The number of nitrogens with one attached hydrogen (secondary N) is 2. The standard InChI is InChI=1S/C21H32N4O2/c1-5-22-21(23-15-17-10-12-18(26-4)13-11-17)24-16-19(25(6-2)7-3)20-9-8-14-27-20/h8-14,19H,5-7,15-16H2,1-4H3,(H2,22,23,24). The zero-order valence-corrected chi connectivity index (χ0v) is 16.9. The minimum Gasteiger partial charge on any atom is -0.497 e. The predicted octanol–water partition coefficient (Wildman–Crippen LogP) is 3.43. The summed E-state index contributed by atoms with van der Waals surface area (Å²) >= 11 is 0. The van der Waals surface area contributed by atoms with Crippen LogP contribution < -0.4 is 15.4 Å². The van der Waals surface area contributed by atoms with Crippen LogP contribution >= 0.6 is 0 Å². The molecule has 1 unspecified atom stereocenters. The Bertz CT molecular complexity index is 664. The monoisotopic (exact) mass is 372 g/mol. The third-order valence-corrected chi connectivity index (χ3v) is 4.51. The fourth-order valence-corrected chi connectivity index (χ4v) is 2.99. The van der Waals surface area contributed by atoms with E-state index in [0.29, 0.717) is 6.54 Å². The molecule has 0 saturated heterocycles. The molecule has 6 nitrogen and oxygen atoms in total. The highest BCUT2D eigenvalue weighted by Crippen LogP contribution is 2.20. The van der Waals surface area contributed by atoms with Gasteiger partial charge in [0.15, 0.2) is 5.96 Å². The Morgan fingerprint density at radius 3 is 2.41 bits per heavy atom. The van der Waals surface area contributed by atoms with E-state index >= 15 is 0 Å². The summed E-state index contributed by atoms with van der Waals surface area (Å²) in [6.45, 7) is 10.5. The number of methoxy groups -OCH3 is 1. The predicted molar refractivity (Wildman–Crippen MR) is 110 cm³/mol. The fourth-order valence-electron chi connectivity index (χ4n) is 2.99. The van der Waals surface area contributed by atoms with Gasteiger partial charge in [-0.15, -0.1) is 0 Å². The van der Waals surface area contributed by atoms with Gasteiger partial charge in [-0.25, -0.2) is 4.99 Å². The van der Waals surface area contributed by atoms with Gasteiger partial charge in [0.2, 0.25) is 0 Å². The number of hydrogen-bond acceptors (Lipinski definition) is 4. The molecule has 0 fully saturated rings. The number of nitrogens with zero attached hydrogens (tertiary/aromatic N) is 2. The van der Waals surface area contributed by atoms with Crippen molar-refractivity contribution in [2.24, 2.45) is 4.99 Å². The zero-order valence-electron chi connectivity index (χ0n) is 16.9. The number of ether oxygens (including phenoxy) is 1. The summed E-state index contributed by atoms with van der Waals surface area (Å²) in [5, 5.41) is 6.78. The molecule has 0 saturated carbocycles. The summed E-state index contributed by atoms with van der Waals surface area (Å²) in [6.07, 6.45) is 1.73. The molecule has 0 spiro atoms. The molecule has 1 heterocycles. The topological polar surface area (TPSA) is 62.0 Å². The van der Waals surface area contributed by atoms with Crippen molar-refractivity contribution in [3.05, 3.63) is 54.0 Å². The third kappa shape index (κ3) is 6.32. The number of guanidine groups is 1. The molecule has 0 radical (unpaired) electrons. The van der Waals surface area contributed by atoms with Crippen molar-refractivity contribution in [1.82, 2.24) is 15.5 Å². The molecule has 27 heavy (non-hydrogen) atoms. The number of rotatable bonds is 10. The molecule has 6 heteroatoms. The van der Waals surface area contributed by atoms with E-state index < -0.39 is 0 Å². The Kier molecular flexibility index (Phi) is 8.71. The summed E-state index contributed by atoms with van der Waals surface area (Å²) in [4.78, 5) is 7.08. The number of hydrogen-bond donors (Lipinski definition) is 2. The normalized spacial score (nSPS) is 12.9. The zero-order chi connectivity index (χ0) is 19.5. The van der Waals surface area contributed by atoms with Crippen LogP contribution in [0.3, 0.4) is 0 Å². The Balaban J connectivity index is 2.03. The van der Waals surface area contributed by atoms with Crippen molar-refractivity contribution < 1.29 is 9.15 Å². The van der Waals surface area contributed by atoms with Gasteiger partial charge in [0.25, 0.3) is 0 Å². The Hall–Kier alpha value is -2.47. The number of furan rings is 1. The first-order valence-corrected chi connectivity index (χ1v) is 9.64. The first-order chi connectivity index (χ1) is 13.2. The molecule has 2 rings (SSSR count). The maximum absolute atomic E-state index is 5.67. The number of likely N-dealkylation sites (N-methyl/N-ethyl adjacent to an activating group) is 1. The molecular weight excluding hydrogens is 340 g/mol. The minimum atomic E-state index is 0.167. The van der Waals surface area contributed by atoms with E-state index in [1.807, 2.05) is 36.4 Å². The van der Waals surface area contributed by atoms with Gasteiger partial charge < -0.3 is 19.8 Å². The lowest BCUT2D eigenvalue weighted by molar-refractivity contribution is 0.193. The van der Waals surface area contributed by atoms with Crippen LogP contribution in [0.15, 0.2) is 52.1 Å². The summed E-state index contributed by atoms with van der Waals surface area (Å²) in [6, 6.07) is 12.1. The Labute approximate surface area is 162 Å². The van der Waals surface area contributed by atoms with Crippen molar-refractivity contribution in [1.29, 1.82) is 0 Å². The van der Waals surface area contributed by atoms with Gasteiger partial charge in [0.1, 0.15) is 11.5 Å². The van der Waals surface area contributed by atoms with E-state index in [9.17, 15) is 0 Å². The fraction of sp³-hybridized carbons (Fsp3) is 0.476. The van der Waals surface area contributed by atoms with E-state index in [2.05, 4.69) is 36.3 Å². The molecule has 148 valence electrons. The van der Waals surface area contributed by atoms with Crippen LogP contribution in [0, 0.1) is 0 Å². The van der Waals surface area contributed by atoms with Crippen LogP contribution in [0.5, 0.6) is 5.75 Å². The largest absolute Gasteiger partial charge is 0.497 e. The molecule has 0 aliphatic rings. The van der Waals surface area contributed by atoms with Gasteiger partial charge >= 0.3 is 0 Å². The van der Waals surface area contributed by atoms with Crippen molar-refractivity contribution in [2.75, 3.05) is 33.3 Å². The first kappa shape index (κ1) is 20.8. The van der Waals surface area contributed by atoms with E-state index in [1.54, 1.807) is 13.4 Å². The average Bonchev–Trinajstić information content (AvgIpc) is 3.24. The Morgan fingerprint density at radius 2 is 1.85 bits per heavy atom. The smallest absolute Gasteiger partial charge is 0.191 e. The lowest BCUT2D eigenvalue weighted by atomic mass is 10.2. The van der Waals surface area contributed by atoms with Gasteiger partial charge in [-0.2, -0.15) is 0 Å². The highest BCUT2D eigenvalue weighted by molar-refractivity contribution is 5.79. The van der Waals surface area contributed by atoms with Crippen molar-refractivity contribution >= 4 is 5.96 Å². The van der Waals surface area contributed by atoms with Gasteiger partial charge in [-0.3, -0.25) is 4.90 Å². The van der Waals surface area contributed by atoms with E-state index in [1.165, 1.54) is 0 Å². The molecule has 0 amide bonds. The van der Waals surface area contributed by atoms with E-state index in [4.69, 9.17) is 14.1 Å². The molecule has 0 aliphatic heterocycles. The lowest BCUT2D eigenvalue weighted by Gasteiger charge is -2.28. The van der Waals surface area contributed by atoms with Gasteiger partial charge in [-0.05, 0) is 49.8 Å². The molecule has 2 N–H and O–H groups in total. The second-order valence-electron chi connectivity index (χ2n) is 6.18. The summed E-state index contributed by atoms with van der Waals surface area (Å²) in [5.74, 6) is 2.63. The lowest BCUT2D eigenvalue weighted by Crippen LogP contribution is -2.43. The number of aliphatic imine (C=N–C) groups is 1. The Morgan fingerprint density at radius 1 is 1.11 bits per heavy atom. The van der Waals surface area contributed by atoms with Crippen LogP contribution in [-0.2, 0) is 6.54 Å². The molecule has 1 aromatic carbocycles. The summed E-state index contributed by atoms with van der Waals surface area (Å²) in [7, 11) is 1.67. The van der Waals surface area contributed by atoms with Crippen LogP contribution in [-0.4, -0.2) is 44.1 Å². The highest BCUT2D eigenvalue weighted by Gasteiger charge is 2.20. The van der Waals surface area contributed by atoms with Crippen LogP contribution in [0.4, 0.5) is 0 Å². The average molecular weight is 373 g/mol. The second kappa shape index (κ2) is 11.3. The summed E-state index contributed by atoms with van der Waals surface area (Å²) in [5.41, 5.74) is 1.14. The van der Waals surface area contributed by atoms with Crippen molar-refractivity contribution in [2.45, 2.75) is 33.4 Å². The first-order valence-electron chi connectivity index (χ1n) is 9.64. The van der Waals surface area contributed by atoms with Crippen LogP contribution in [0.1, 0.15) is 38.1 Å². The maximum Gasteiger partial charge on any atom is 0.191 e. The summed E-state index contributed by atoms with van der Waals surface area (Å²) < 4.78 is 10.9. The molecule has 0 bridgehead atoms. The van der Waals surface area contributed by atoms with Gasteiger partial charge in [0, 0.05) is 13.1 Å². The second-order valence-corrected chi connectivity index (χ2v) is 6.18. The molecule has 0 aliphatic carbocycles. The molecule has 1 atom stereocenters. The van der Waals surface area contributed by atoms with Crippen molar-refractivity contribution in [3.8, 4) is 5.75 Å².